The Bertz CT molecular complexity index is 1180. The zero-order valence-corrected chi connectivity index (χ0v) is 19.8. The van der Waals surface area contributed by atoms with Gasteiger partial charge in [0, 0.05) is 43.9 Å². The number of hydrazine groups is 1. The summed E-state index contributed by atoms with van der Waals surface area (Å²) < 4.78 is 0. The van der Waals surface area contributed by atoms with Crippen LogP contribution in [0.2, 0.25) is 5.02 Å². The normalized spacial score (nSPS) is 12.8. The number of hydrogen-bond acceptors (Lipinski definition) is 5. The molecule has 3 N–H and O–H groups in total. The quantitative estimate of drug-likeness (QED) is 0.335. The summed E-state index contributed by atoms with van der Waals surface area (Å²) in [6.45, 7) is 0. The molecule has 33 heavy (non-hydrogen) atoms. The standard InChI is InChI=1S/C24H20ClN3O3S2/c25-18-6-8-19(9-7-18)33-14-15-1-3-16(4-2-15)23(30)27-28-24(31)17-5-10-21-20(13-17)26-22(29)11-12-32-21/h1-10,13H,11-12,14H2,(H,26,29)(H,27,30)(H,28,31). The van der Waals surface area contributed by atoms with Gasteiger partial charge in [-0.25, -0.2) is 0 Å². The number of benzene rings is 3. The molecule has 1 aliphatic rings. The zero-order chi connectivity index (χ0) is 23.2. The van der Waals surface area contributed by atoms with E-state index in [1.807, 2.05) is 36.4 Å². The number of fused-ring (bicyclic) bond motifs is 1. The molecule has 3 aromatic rings. The third kappa shape index (κ3) is 6.31. The van der Waals surface area contributed by atoms with Crippen molar-refractivity contribution in [1.82, 2.24) is 10.9 Å². The molecule has 0 aromatic heterocycles. The fraction of sp³-hybridized carbons (Fsp3) is 0.125. The van der Waals surface area contributed by atoms with Crippen molar-refractivity contribution < 1.29 is 14.4 Å². The predicted octanol–water partition coefficient (Wildman–Crippen LogP) is 5.14. The molecule has 0 saturated carbocycles. The van der Waals surface area contributed by atoms with Crippen molar-refractivity contribution in [1.29, 1.82) is 0 Å². The van der Waals surface area contributed by atoms with Crippen LogP contribution in [-0.2, 0) is 10.5 Å². The van der Waals surface area contributed by atoms with E-state index in [0.717, 1.165) is 21.1 Å². The van der Waals surface area contributed by atoms with Crippen molar-refractivity contribution in [2.24, 2.45) is 0 Å². The minimum atomic E-state index is -0.467. The maximum Gasteiger partial charge on any atom is 0.269 e. The van der Waals surface area contributed by atoms with Crippen LogP contribution < -0.4 is 16.2 Å². The molecule has 168 valence electrons. The van der Waals surface area contributed by atoms with Gasteiger partial charge in [-0.15, -0.1) is 23.5 Å². The molecule has 0 radical (unpaired) electrons. The van der Waals surface area contributed by atoms with E-state index in [1.165, 1.54) is 0 Å². The third-order valence-electron chi connectivity index (χ3n) is 4.83. The third-order valence-corrected chi connectivity index (χ3v) is 7.24. The first-order chi connectivity index (χ1) is 16.0. The maximum atomic E-state index is 12.5. The summed E-state index contributed by atoms with van der Waals surface area (Å²) in [5, 5.41) is 3.51. The Morgan fingerprint density at radius 2 is 1.61 bits per heavy atom. The second-order valence-electron chi connectivity index (χ2n) is 7.21. The highest BCUT2D eigenvalue weighted by atomic mass is 35.5. The Labute approximate surface area is 204 Å². The number of halogens is 1. The Hall–Kier alpha value is -2.94. The second-order valence-corrected chi connectivity index (χ2v) is 9.83. The van der Waals surface area contributed by atoms with Crippen molar-refractivity contribution in [3.05, 3.63) is 88.4 Å². The smallest absolute Gasteiger partial charge is 0.269 e. The number of hydrogen-bond donors (Lipinski definition) is 3. The van der Waals surface area contributed by atoms with Crippen LogP contribution in [0.25, 0.3) is 0 Å². The van der Waals surface area contributed by atoms with E-state index in [4.69, 9.17) is 11.6 Å². The summed E-state index contributed by atoms with van der Waals surface area (Å²) in [6.07, 6.45) is 0.426. The average molecular weight is 498 g/mol. The highest BCUT2D eigenvalue weighted by Crippen LogP contribution is 2.31. The summed E-state index contributed by atoms with van der Waals surface area (Å²) in [4.78, 5) is 38.7. The number of amides is 3. The lowest BCUT2D eigenvalue weighted by Crippen LogP contribution is -2.41. The van der Waals surface area contributed by atoms with Gasteiger partial charge in [0.2, 0.25) is 5.91 Å². The van der Waals surface area contributed by atoms with E-state index in [-0.39, 0.29) is 5.91 Å². The zero-order valence-electron chi connectivity index (χ0n) is 17.4. The SMILES string of the molecule is O=C1CCSc2ccc(C(=O)NNC(=O)c3ccc(CSc4ccc(Cl)cc4)cc3)cc2N1. The molecule has 0 spiro atoms. The van der Waals surface area contributed by atoms with Gasteiger partial charge in [-0.1, -0.05) is 23.7 Å². The molecule has 3 aromatic carbocycles. The van der Waals surface area contributed by atoms with Gasteiger partial charge in [-0.05, 0) is 60.2 Å². The summed E-state index contributed by atoms with van der Waals surface area (Å²) in [7, 11) is 0. The number of thioether (sulfide) groups is 2. The van der Waals surface area contributed by atoms with Crippen LogP contribution in [0.5, 0.6) is 0 Å². The number of rotatable bonds is 5. The lowest BCUT2D eigenvalue weighted by atomic mass is 10.1. The minimum Gasteiger partial charge on any atom is -0.325 e. The van der Waals surface area contributed by atoms with Gasteiger partial charge in [0.1, 0.15) is 0 Å². The van der Waals surface area contributed by atoms with Crippen LogP contribution in [0, 0.1) is 0 Å². The number of carbonyl (C=O) groups is 3. The molecule has 4 rings (SSSR count). The van der Waals surface area contributed by atoms with E-state index >= 15 is 0 Å². The predicted molar refractivity (Wildman–Crippen MR) is 133 cm³/mol. The van der Waals surface area contributed by atoms with E-state index in [2.05, 4.69) is 16.2 Å². The molecule has 0 atom stereocenters. The molecule has 3 amide bonds. The topological polar surface area (TPSA) is 87.3 Å². The van der Waals surface area contributed by atoms with Crippen molar-refractivity contribution in [3.8, 4) is 0 Å². The van der Waals surface area contributed by atoms with E-state index in [0.29, 0.717) is 34.0 Å². The Balaban J connectivity index is 1.30. The fourth-order valence-electron chi connectivity index (χ4n) is 3.07. The van der Waals surface area contributed by atoms with Gasteiger partial charge in [0.05, 0.1) is 5.69 Å². The van der Waals surface area contributed by atoms with Crippen molar-refractivity contribution in [2.45, 2.75) is 22.0 Å². The van der Waals surface area contributed by atoms with Crippen LogP contribution in [-0.4, -0.2) is 23.5 Å². The summed E-state index contributed by atoms with van der Waals surface area (Å²) in [5.74, 6) is 0.485. The molecule has 1 aliphatic heterocycles. The Kier molecular flexibility index (Phi) is 7.59. The summed E-state index contributed by atoms with van der Waals surface area (Å²) in [6, 6.07) is 19.9. The molecule has 6 nitrogen and oxygen atoms in total. The van der Waals surface area contributed by atoms with Crippen molar-refractivity contribution >= 4 is 58.5 Å². The van der Waals surface area contributed by atoms with Crippen LogP contribution in [0.4, 0.5) is 5.69 Å². The highest BCUT2D eigenvalue weighted by molar-refractivity contribution is 7.99. The monoisotopic (exact) mass is 497 g/mol. The summed E-state index contributed by atoms with van der Waals surface area (Å²) in [5.41, 5.74) is 7.30. The van der Waals surface area contributed by atoms with Gasteiger partial charge >= 0.3 is 0 Å². The average Bonchev–Trinajstić information content (AvgIpc) is 3.02. The first-order valence-corrected chi connectivity index (χ1v) is 12.5. The van der Waals surface area contributed by atoms with E-state index in [9.17, 15) is 14.4 Å². The van der Waals surface area contributed by atoms with Crippen molar-refractivity contribution in [3.63, 3.8) is 0 Å². The molecular formula is C24H20ClN3O3S2. The lowest BCUT2D eigenvalue weighted by Gasteiger charge is -2.11. The number of anilines is 1. The first kappa shape index (κ1) is 23.2. The largest absolute Gasteiger partial charge is 0.325 e. The van der Waals surface area contributed by atoms with Crippen LogP contribution in [0.15, 0.2) is 76.5 Å². The molecule has 0 aliphatic carbocycles. The van der Waals surface area contributed by atoms with Crippen LogP contribution in [0.1, 0.15) is 32.7 Å². The molecule has 1 heterocycles. The number of nitrogens with one attached hydrogen (secondary N) is 3. The summed E-state index contributed by atoms with van der Waals surface area (Å²) >= 11 is 9.14. The highest BCUT2D eigenvalue weighted by Gasteiger charge is 2.16. The lowest BCUT2D eigenvalue weighted by molar-refractivity contribution is -0.115. The first-order valence-electron chi connectivity index (χ1n) is 10.1. The second kappa shape index (κ2) is 10.8. The Morgan fingerprint density at radius 1 is 0.939 bits per heavy atom. The van der Waals surface area contributed by atoms with E-state index < -0.39 is 11.8 Å². The Morgan fingerprint density at radius 3 is 2.33 bits per heavy atom. The fourth-order valence-corrected chi connectivity index (χ4v) is 4.99. The van der Waals surface area contributed by atoms with Gasteiger partial charge in [0.25, 0.3) is 11.8 Å². The van der Waals surface area contributed by atoms with Gasteiger partial charge in [-0.3, -0.25) is 25.2 Å². The van der Waals surface area contributed by atoms with Gasteiger partial charge < -0.3 is 5.32 Å². The minimum absolute atomic E-state index is 0.0814. The molecule has 9 heteroatoms. The molecule has 0 bridgehead atoms. The molecule has 0 fully saturated rings. The number of carbonyl (C=O) groups excluding carboxylic acids is 3. The van der Waals surface area contributed by atoms with Crippen molar-refractivity contribution in [2.75, 3.05) is 11.1 Å². The van der Waals surface area contributed by atoms with E-state index in [1.54, 1.807) is 53.9 Å². The molecule has 0 unspecified atom stereocenters. The van der Waals surface area contributed by atoms with Crippen LogP contribution in [0.3, 0.4) is 0 Å². The van der Waals surface area contributed by atoms with Crippen LogP contribution >= 0.6 is 35.1 Å². The molecule has 0 saturated heterocycles. The maximum absolute atomic E-state index is 12.5. The van der Waals surface area contributed by atoms with Gasteiger partial charge in [-0.2, -0.15) is 0 Å². The van der Waals surface area contributed by atoms with Gasteiger partial charge in [0.15, 0.2) is 0 Å². The molecular weight excluding hydrogens is 478 g/mol.